The number of nitrogens with one attached hydrogen (secondary N) is 3. The largest absolute Gasteiger partial charge is 0.358 e. The minimum Gasteiger partial charge on any atom is -0.358 e. The zero-order valence-electron chi connectivity index (χ0n) is 14.8. The first kappa shape index (κ1) is 17.3. The number of hydrazine groups is 1. The minimum atomic E-state index is -0.366. The molecule has 3 N–H and O–H groups in total. The molecule has 0 radical (unpaired) electrons. The highest BCUT2D eigenvalue weighted by molar-refractivity contribution is 5.99. The SMILES string of the molecule is O=C(Cc1ccc(F)cc1)NNC(=O)c1ccc2[nH]c3c(c2c1)CCCC3. The predicted octanol–water partition coefficient (Wildman–Crippen LogP) is 3.19. The molecule has 1 heterocycles. The number of aryl methyl sites for hydroxylation is 2. The Labute approximate surface area is 155 Å². The van der Waals surface area contributed by atoms with Crippen LogP contribution in [-0.4, -0.2) is 16.8 Å². The summed E-state index contributed by atoms with van der Waals surface area (Å²) in [6.07, 6.45) is 4.48. The highest BCUT2D eigenvalue weighted by Crippen LogP contribution is 2.29. The molecule has 2 amide bonds. The number of carbonyl (C=O) groups excluding carboxylic acids is 2. The van der Waals surface area contributed by atoms with Gasteiger partial charge >= 0.3 is 0 Å². The number of carbonyl (C=O) groups is 2. The highest BCUT2D eigenvalue weighted by Gasteiger charge is 2.17. The summed E-state index contributed by atoms with van der Waals surface area (Å²) in [7, 11) is 0. The molecular weight excluding hydrogens is 345 g/mol. The van der Waals surface area contributed by atoms with Crippen LogP contribution in [0, 0.1) is 5.82 Å². The first-order valence-corrected chi connectivity index (χ1v) is 9.07. The summed E-state index contributed by atoms with van der Waals surface area (Å²) in [5, 5.41) is 1.08. The number of fused-ring (bicyclic) bond motifs is 3. The molecule has 0 aliphatic heterocycles. The molecule has 1 aliphatic carbocycles. The molecule has 0 bridgehead atoms. The van der Waals surface area contributed by atoms with Crippen LogP contribution in [0.2, 0.25) is 0 Å². The van der Waals surface area contributed by atoms with Crippen molar-refractivity contribution < 1.29 is 14.0 Å². The maximum atomic E-state index is 12.9. The van der Waals surface area contributed by atoms with Gasteiger partial charge in [-0.1, -0.05) is 12.1 Å². The fourth-order valence-corrected chi connectivity index (χ4v) is 3.58. The van der Waals surface area contributed by atoms with E-state index in [2.05, 4.69) is 15.8 Å². The summed E-state index contributed by atoms with van der Waals surface area (Å²) < 4.78 is 12.9. The van der Waals surface area contributed by atoms with Crippen LogP contribution in [0.1, 0.15) is 40.0 Å². The molecule has 0 saturated heterocycles. The van der Waals surface area contributed by atoms with Crippen molar-refractivity contribution in [3.05, 3.63) is 70.7 Å². The summed E-state index contributed by atoms with van der Waals surface area (Å²) in [6, 6.07) is 11.2. The number of aromatic amines is 1. The molecule has 0 spiro atoms. The van der Waals surface area contributed by atoms with E-state index in [1.54, 1.807) is 18.2 Å². The van der Waals surface area contributed by atoms with E-state index in [4.69, 9.17) is 0 Å². The van der Waals surface area contributed by atoms with Crippen LogP contribution in [0.5, 0.6) is 0 Å². The fourth-order valence-electron chi connectivity index (χ4n) is 3.58. The van der Waals surface area contributed by atoms with Crippen LogP contribution < -0.4 is 10.9 Å². The number of rotatable bonds is 3. The molecule has 27 heavy (non-hydrogen) atoms. The second-order valence-corrected chi connectivity index (χ2v) is 6.86. The van der Waals surface area contributed by atoms with Crippen molar-refractivity contribution in [2.75, 3.05) is 0 Å². The number of aromatic nitrogens is 1. The molecule has 1 aliphatic rings. The van der Waals surface area contributed by atoms with E-state index in [9.17, 15) is 14.0 Å². The number of amides is 2. The zero-order valence-corrected chi connectivity index (χ0v) is 14.8. The topological polar surface area (TPSA) is 74.0 Å². The third-order valence-electron chi connectivity index (χ3n) is 4.95. The zero-order chi connectivity index (χ0) is 18.8. The van der Waals surface area contributed by atoms with Gasteiger partial charge in [0.1, 0.15) is 5.82 Å². The Morgan fingerprint density at radius 2 is 1.78 bits per heavy atom. The third-order valence-corrected chi connectivity index (χ3v) is 4.95. The van der Waals surface area contributed by atoms with Crippen LogP contribution in [-0.2, 0) is 24.1 Å². The molecule has 0 atom stereocenters. The summed E-state index contributed by atoms with van der Waals surface area (Å²) in [6.45, 7) is 0. The predicted molar refractivity (Wildman–Crippen MR) is 101 cm³/mol. The van der Waals surface area contributed by atoms with E-state index < -0.39 is 0 Å². The van der Waals surface area contributed by atoms with Crippen molar-refractivity contribution in [2.45, 2.75) is 32.1 Å². The first-order chi connectivity index (χ1) is 13.1. The fraction of sp³-hybridized carbons (Fsp3) is 0.238. The normalized spacial score (nSPS) is 13.2. The van der Waals surface area contributed by atoms with E-state index in [-0.39, 0.29) is 24.1 Å². The third kappa shape index (κ3) is 3.69. The second-order valence-electron chi connectivity index (χ2n) is 6.86. The quantitative estimate of drug-likeness (QED) is 0.624. The van der Waals surface area contributed by atoms with Gasteiger partial charge < -0.3 is 4.98 Å². The molecule has 0 fully saturated rings. The number of hydrogen-bond donors (Lipinski definition) is 3. The summed E-state index contributed by atoms with van der Waals surface area (Å²) in [5.74, 6) is -1.08. The van der Waals surface area contributed by atoms with Gasteiger partial charge in [0.15, 0.2) is 0 Å². The van der Waals surface area contributed by atoms with Crippen LogP contribution in [0.25, 0.3) is 10.9 Å². The summed E-state index contributed by atoms with van der Waals surface area (Å²) >= 11 is 0. The van der Waals surface area contributed by atoms with Gasteiger partial charge in [0.05, 0.1) is 6.42 Å². The number of H-pyrrole nitrogens is 1. The Bertz CT molecular complexity index is 1010. The molecule has 3 aromatic rings. The van der Waals surface area contributed by atoms with Crippen molar-refractivity contribution in [1.29, 1.82) is 0 Å². The van der Waals surface area contributed by atoms with Crippen molar-refractivity contribution in [2.24, 2.45) is 0 Å². The molecule has 6 heteroatoms. The standard InChI is InChI=1S/C21H20FN3O2/c22-15-8-5-13(6-9-15)11-20(26)24-25-21(27)14-7-10-19-17(12-14)16-3-1-2-4-18(16)23-19/h5-10,12,23H,1-4,11H2,(H,24,26)(H,25,27). The van der Waals surface area contributed by atoms with Gasteiger partial charge in [0.25, 0.3) is 5.91 Å². The Balaban J connectivity index is 1.42. The number of hydrogen-bond acceptors (Lipinski definition) is 2. The molecule has 0 saturated carbocycles. The van der Waals surface area contributed by atoms with Gasteiger partial charge in [-0.2, -0.15) is 0 Å². The lowest BCUT2D eigenvalue weighted by atomic mass is 9.95. The van der Waals surface area contributed by atoms with Crippen LogP contribution in [0.15, 0.2) is 42.5 Å². The number of halogens is 1. The second kappa shape index (κ2) is 7.23. The number of benzene rings is 2. The van der Waals surface area contributed by atoms with Gasteiger partial charge in [-0.3, -0.25) is 20.4 Å². The summed E-state index contributed by atoms with van der Waals surface area (Å²) in [4.78, 5) is 27.8. The van der Waals surface area contributed by atoms with Crippen molar-refractivity contribution >= 4 is 22.7 Å². The lowest BCUT2D eigenvalue weighted by Gasteiger charge is -2.11. The Kier molecular flexibility index (Phi) is 4.62. The lowest BCUT2D eigenvalue weighted by Crippen LogP contribution is -2.42. The van der Waals surface area contributed by atoms with Crippen LogP contribution in [0.3, 0.4) is 0 Å². The van der Waals surface area contributed by atoms with Crippen molar-refractivity contribution in [1.82, 2.24) is 15.8 Å². The molecule has 5 nitrogen and oxygen atoms in total. The average molecular weight is 365 g/mol. The smallest absolute Gasteiger partial charge is 0.269 e. The maximum Gasteiger partial charge on any atom is 0.269 e. The Hall–Kier alpha value is -3.15. The van der Waals surface area contributed by atoms with Gasteiger partial charge in [-0.25, -0.2) is 4.39 Å². The van der Waals surface area contributed by atoms with E-state index in [0.717, 1.165) is 30.2 Å². The van der Waals surface area contributed by atoms with Gasteiger partial charge in [0, 0.05) is 22.2 Å². The molecular formula is C21H20FN3O2. The molecule has 2 aromatic carbocycles. The monoisotopic (exact) mass is 365 g/mol. The van der Waals surface area contributed by atoms with Gasteiger partial charge in [-0.15, -0.1) is 0 Å². The molecule has 1 aromatic heterocycles. The minimum absolute atomic E-state index is 0.0604. The molecule has 0 unspecified atom stereocenters. The average Bonchev–Trinajstić information content (AvgIpc) is 3.06. The van der Waals surface area contributed by atoms with E-state index >= 15 is 0 Å². The van der Waals surface area contributed by atoms with Crippen LogP contribution in [0.4, 0.5) is 4.39 Å². The Morgan fingerprint density at radius 1 is 1.00 bits per heavy atom. The molecule has 4 rings (SSSR count). The van der Waals surface area contributed by atoms with Crippen molar-refractivity contribution in [3.63, 3.8) is 0 Å². The summed E-state index contributed by atoms with van der Waals surface area (Å²) in [5.41, 5.74) is 9.62. The first-order valence-electron chi connectivity index (χ1n) is 9.07. The van der Waals surface area contributed by atoms with Crippen molar-refractivity contribution in [3.8, 4) is 0 Å². The van der Waals surface area contributed by atoms with E-state index in [0.29, 0.717) is 11.1 Å². The maximum absolute atomic E-state index is 12.9. The lowest BCUT2D eigenvalue weighted by molar-refractivity contribution is -0.121. The van der Waals surface area contributed by atoms with Crippen LogP contribution >= 0.6 is 0 Å². The van der Waals surface area contributed by atoms with Gasteiger partial charge in [-0.05, 0) is 67.1 Å². The highest BCUT2D eigenvalue weighted by atomic mass is 19.1. The Morgan fingerprint density at radius 3 is 2.59 bits per heavy atom. The van der Waals surface area contributed by atoms with E-state index in [1.807, 2.05) is 12.1 Å². The molecule has 138 valence electrons. The van der Waals surface area contributed by atoms with E-state index in [1.165, 1.54) is 29.8 Å². The van der Waals surface area contributed by atoms with Gasteiger partial charge in [0.2, 0.25) is 5.91 Å².